The van der Waals surface area contributed by atoms with Crippen LogP contribution in [0.3, 0.4) is 0 Å². The minimum atomic E-state index is -2.84. The zero-order chi connectivity index (χ0) is 22.9. The predicted octanol–water partition coefficient (Wildman–Crippen LogP) is 2.07. The van der Waals surface area contributed by atoms with Crippen molar-refractivity contribution in [3.8, 4) is 11.5 Å². The molecule has 0 aromatic heterocycles. The van der Waals surface area contributed by atoms with Gasteiger partial charge in [0.25, 0.3) is 0 Å². The van der Waals surface area contributed by atoms with Gasteiger partial charge in [-0.25, -0.2) is 0 Å². The Bertz CT molecular complexity index is 885. The number of rotatable bonds is 6. The van der Waals surface area contributed by atoms with Crippen LogP contribution in [-0.2, 0) is 14.2 Å². The van der Waals surface area contributed by atoms with E-state index in [4.69, 9.17) is 17.3 Å². The first-order valence-electron chi connectivity index (χ1n) is 10.7. The Balaban J connectivity index is 1.60. The van der Waals surface area contributed by atoms with Crippen molar-refractivity contribution in [2.24, 2.45) is 5.92 Å². The molecule has 178 valence electrons. The minimum absolute atomic E-state index is 0.351. The third-order valence-corrected chi connectivity index (χ3v) is 10.4. The van der Waals surface area contributed by atoms with Crippen LogP contribution in [0.4, 0.5) is 0 Å². The molecule has 2 heterocycles. The zero-order valence-electron chi connectivity index (χ0n) is 18.2. The van der Waals surface area contributed by atoms with Gasteiger partial charge in [-0.05, 0) is 0 Å². The number of alkyl halides is 2. The topological polar surface area (TPSA) is 118 Å². The number of halogens is 1. The quantitative estimate of drug-likeness (QED) is 0.308. The maximum absolute atomic E-state index is 10.9. The SMILES string of the molecule is CCC1=C(Cc2ccc3c(c2)OCCO3)CC([C@]2(OC)OI(CO)[C@@H](O)[C@H](O)[C@H]2O)C=C1. The van der Waals surface area contributed by atoms with Crippen molar-refractivity contribution in [2.45, 2.75) is 48.3 Å². The van der Waals surface area contributed by atoms with Crippen LogP contribution in [0.5, 0.6) is 11.5 Å². The number of fused-ring (bicyclic) bond motifs is 1. The van der Waals surface area contributed by atoms with Gasteiger partial charge >= 0.3 is 196 Å². The van der Waals surface area contributed by atoms with E-state index in [0.29, 0.717) is 26.1 Å². The van der Waals surface area contributed by atoms with E-state index in [1.807, 2.05) is 30.4 Å². The number of aliphatic hydroxyl groups excluding tert-OH is 4. The van der Waals surface area contributed by atoms with Crippen molar-refractivity contribution in [3.63, 3.8) is 0 Å². The van der Waals surface area contributed by atoms with Crippen LogP contribution in [0.1, 0.15) is 25.3 Å². The third-order valence-electron chi connectivity index (χ3n) is 6.30. The van der Waals surface area contributed by atoms with Gasteiger partial charge in [-0.3, -0.25) is 0 Å². The molecule has 0 amide bonds. The second-order valence-corrected chi connectivity index (χ2v) is 12.5. The number of hydrogen-bond acceptors (Lipinski definition) is 8. The second kappa shape index (κ2) is 9.96. The normalized spacial score (nSPS) is 33.5. The Morgan fingerprint density at radius 2 is 1.91 bits per heavy atom. The summed E-state index contributed by atoms with van der Waals surface area (Å²) in [6.07, 6.45) is 3.16. The average molecular weight is 562 g/mol. The van der Waals surface area contributed by atoms with Crippen LogP contribution in [0, 0.1) is 5.92 Å². The molecule has 0 spiro atoms. The number of ether oxygens (including phenoxy) is 3. The number of benzene rings is 1. The van der Waals surface area contributed by atoms with Gasteiger partial charge in [0.1, 0.15) is 0 Å². The van der Waals surface area contributed by atoms with Crippen molar-refractivity contribution in [1.29, 1.82) is 0 Å². The fraction of sp³-hybridized carbons (Fsp3) is 0.565. The molecule has 0 saturated carbocycles. The fourth-order valence-corrected chi connectivity index (χ4v) is 8.21. The van der Waals surface area contributed by atoms with Crippen molar-refractivity contribution in [1.82, 2.24) is 0 Å². The Hall–Kier alpha value is -1.21. The first-order chi connectivity index (χ1) is 15.4. The maximum atomic E-state index is 10.9. The molecule has 1 aromatic rings. The molecule has 9 heteroatoms. The molecule has 8 nitrogen and oxygen atoms in total. The molecular weight excluding hydrogens is 531 g/mol. The van der Waals surface area contributed by atoms with Crippen molar-refractivity contribution in [3.05, 3.63) is 47.1 Å². The molecule has 1 saturated heterocycles. The van der Waals surface area contributed by atoms with Crippen molar-refractivity contribution < 1.29 is 37.7 Å². The molecule has 0 radical (unpaired) electrons. The van der Waals surface area contributed by atoms with E-state index in [0.717, 1.165) is 23.5 Å². The number of methoxy groups -OCH3 is 1. The van der Waals surface area contributed by atoms with Crippen LogP contribution < -0.4 is 9.47 Å². The van der Waals surface area contributed by atoms with E-state index < -0.39 is 48.3 Å². The molecule has 1 aromatic carbocycles. The summed E-state index contributed by atoms with van der Waals surface area (Å²) < 4.78 is 21.5. The first kappa shape index (κ1) is 23.9. The third kappa shape index (κ3) is 4.31. The molecule has 32 heavy (non-hydrogen) atoms. The van der Waals surface area contributed by atoms with E-state index in [-0.39, 0.29) is 4.61 Å². The molecule has 1 aliphatic carbocycles. The van der Waals surface area contributed by atoms with E-state index in [1.54, 1.807) is 0 Å². The summed E-state index contributed by atoms with van der Waals surface area (Å²) in [6, 6.07) is 5.94. The van der Waals surface area contributed by atoms with Crippen LogP contribution in [0.15, 0.2) is 41.5 Å². The van der Waals surface area contributed by atoms with E-state index in [2.05, 4.69) is 6.92 Å². The van der Waals surface area contributed by atoms with Crippen LogP contribution in [-0.4, -0.2) is 67.5 Å². The summed E-state index contributed by atoms with van der Waals surface area (Å²) in [6.45, 7) is 3.17. The van der Waals surface area contributed by atoms with Gasteiger partial charge in [-0.2, -0.15) is 0 Å². The molecule has 4 rings (SSSR count). The van der Waals surface area contributed by atoms with E-state index >= 15 is 0 Å². The molecule has 1 unspecified atom stereocenters. The van der Waals surface area contributed by atoms with Gasteiger partial charge in [0.15, 0.2) is 0 Å². The average Bonchev–Trinajstić information content (AvgIpc) is 2.83. The number of hydrogen-bond donors (Lipinski definition) is 4. The standard InChI is InChI=1S/C23H31IO8/c1-3-15-5-6-17(23(29-2)21(27)20(26)22(28)24(13-25)32-23)12-16(15)10-14-4-7-18-19(11-14)31-9-8-30-18/h4-7,11,17,20-22,25-28H,3,8-10,12-13H2,1-2H3/t17?,20-,21-,22+,23+/m1/s1. The van der Waals surface area contributed by atoms with Gasteiger partial charge in [0, 0.05) is 0 Å². The summed E-state index contributed by atoms with van der Waals surface area (Å²) in [5, 5.41) is 41.3. The number of allylic oxidation sites excluding steroid dienone is 3. The van der Waals surface area contributed by atoms with Crippen molar-refractivity contribution >= 4 is 20.2 Å². The summed E-state index contributed by atoms with van der Waals surface area (Å²) in [4.78, 5) is 0. The van der Waals surface area contributed by atoms with Gasteiger partial charge in [-0.15, -0.1) is 0 Å². The fourth-order valence-electron chi connectivity index (χ4n) is 4.54. The summed E-state index contributed by atoms with van der Waals surface area (Å²) >= 11 is -2.84. The molecule has 5 atom stereocenters. The van der Waals surface area contributed by atoms with E-state index in [9.17, 15) is 20.4 Å². The summed E-state index contributed by atoms with van der Waals surface area (Å²) in [7, 11) is 1.42. The molecule has 3 aliphatic rings. The second-order valence-electron chi connectivity index (χ2n) is 8.09. The Labute approximate surface area is 195 Å². The van der Waals surface area contributed by atoms with Gasteiger partial charge < -0.3 is 0 Å². The monoisotopic (exact) mass is 562 g/mol. The molecule has 1 fully saturated rings. The Morgan fingerprint density at radius 1 is 1.16 bits per heavy atom. The molecule has 4 N–H and O–H groups in total. The molecular formula is C23H31IO8. The van der Waals surface area contributed by atoms with Crippen molar-refractivity contribution in [2.75, 3.05) is 24.9 Å². The molecule has 2 aliphatic heterocycles. The van der Waals surface area contributed by atoms with Gasteiger partial charge in [-0.1, -0.05) is 0 Å². The molecule has 0 bridgehead atoms. The summed E-state index contributed by atoms with van der Waals surface area (Å²) in [5.41, 5.74) is 3.46. The van der Waals surface area contributed by atoms with E-state index in [1.165, 1.54) is 18.3 Å². The van der Waals surface area contributed by atoms with Crippen LogP contribution in [0.2, 0.25) is 0 Å². The first-order valence-corrected chi connectivity index (χ1v) is 14.4. The Morgan fingerprint density at radius 3 is 2.59 bits per heavy atom. The van der Waals surface area contributed by atoms with Gasteiger partial charge in [0.05, 0.1) is 0 Å². The Kier molecular flexibility index (Phi) is 7.45. The number of aliphatic hydroxyl groups is 4. The predicted molar refractivity (Wildman–Crippen MR) is 126 cm³/mol. The van der Waals surface area contributed by atoms with Crippen LogP contribution in [0.25, 0.3) is 0 Å². The summed E-state index contributed by atoms with van der Waals surface area (Å²) in [5.74, 6) is -0.431. The zero-order valence-corrected chi connectivity index (χ0v) is 20.4. The van der Waals surface area contributed by atoms with Gasteiger partial charge in [0.2, 0.25) is 0 Å². The van der Waals surface area contributed by atoms with Crippen LogP contribution >= 0.6 is 20.2 Å².